The van der Waals surface area contributed by atoms with E-state index in [1.54, 1.807) is 5.57 Å². The summed E-state index contributed by atoms with van der Waals surface area (Å²) in [6.07, 6.45) is 5.24. The molecule has 0 aliphatic heterocycles. The van der Waals surface area contributed by atoms with Gasteiger partial charge in [-0.25, -0.2) is 0 Å². The number of rotatable bonds is 2. The van der Waals surface area contributed by atoms with Crippen LogP contribution < -0.4 is 0 Å². The largest absolute Gasteiger partial charge is 0.0819 e. The van der Waals surface area contributed by atoms with E-state index in [2.05, 4.69) is 40.7 Å². The van der Waals surface area contributed by atoms with E-state index in [-0.39, 0.29) is 0 Å². The smallest absolute Gasteiger partial charge is 0.0202 e. The average molecular weight is 180 g/mol. The zero-order valence-electron chi connectivity index (χ0n) is 9.80. The van der Waals surface area contributed by atoms with Crippen LogP contribution in [0.3, 0.4) is 0 Å². The molecule has 0 saturated carbocycles. The van der Waals surface area contributed by atoms with Crippen LogP contribution >= 0.6 is 0 Å². The van der Waals surface area contributed by atoms with Crippen LogP contribution in [0.1, 0.15) is 47.5 Å². The Morgan fingerprint density at radius 2 is 2.08 bits per heavy atom. The fraction of sp³-hybridized carbons (Fsp3) is 0.846. The predicted octanol–water partition coefficient (Wildman–Crippen LogP) is 4.27. The van der Waals surface area contributed by atoms with Crippen LogP contribution in [-0.2, 0) is 0 Å². The monoisotopic (exact) mass is 180 g/mol. The van der Waals surface area contributed by atoms with E-state index in [4.69, 9.17) is 0 Å². The molecular weight excluding hydrogens is 156 g/mol. The number of hydrogen-bond donors (Lipinski definition) is 0. The lowest BCUT2D eigenvalue weighted by Crippen LogP contribution is -2.23. The highest BCUT2D eigenvalue weighted by Crippen LogP contribution is 2.36. The Kier molecular flexibility index (Phi) is 3.58. The van der Waals surface area contributed by atoms with Crippen molar-refractivity contribution in [1.29, 1.82) is 0 Å². The van der Waals surface area contributed by atoms with Gasteiger partial charge in [0.2, 0.25) is 0 Å². The van der Waals surface area contributed by atoms with Gasteiger partial charge in [0.15, 0.2) is 0 Å². The van der Waals surface area contributed by atoms with Crippen molar-refractivity contribution in [2.45, 2.75) is 47.5 Å². The molecule has 13 heavy (non-hydrogen) atoms. The van der Waals surface area contributed by atoms with Crippen LogP contribution in [-0.4, -0.2) is 0 Å². The highest BCUT2D eigenvalue weighted by molar-refractivity contribution is 5.10. The van der Waals surface area contributed by atoms with E-state index >= 15 is 0 Å². The minimum atomic E-state index is 0.806. The van der Waals surface area contributed by atoms with Gasteiger partial charge in [-0.3, -0.25) is 0 Å². The molecule has 0 nitrogen and oxygen atoms in total. The van der Waals surface area contributed by atoms with Gasteiger partial charge >= 0.3 is 0 Å². The maximum Gasteiger partial charge on any atom is -0.0202 e. The molecule has 0 heterocycles. The molecule has 1 rings (SSSR count). The lowest BCUT2D eigenvalue weighted by molar-refractivity contribution is 0.275. The first-order chi connectivity index (χ1) is 6.06. The Hall–Kier alpha value is -0.260. The Morgan fingerprint density at radius 3 is 2.54 bits per heavy atom. The molecular formula is C13H24. The van der Waals surface area contributed by atoms with Crippen LogP contribution in [0, 0.1) is 23.7 Å². The summed E-state index contributed by atoms with van der Waals surface area (Å²) in [5, 5.41) is 0. The van der Waals surface area contributed by atoms with Gasteiger partial charge in [-0.05, 0) is 37.0 Å². The molecule has 1 aliphatic carbocycles. The fourth-order valence-corrected chi connectivity index (χ4v) is 2.34. The van der Waals surface area contributed by atoms with Crippen molar-refractivity contribution in [3.63, 3.8) is 0 Å². The minimum absolute atomic E-state index is 0.806. The summed E-state index contributed by atoms with van der Waals surface area (Å²) in [6.45, 7) is 11.8. The second-order valence-corrected chi connectivity index (χ2v) is 4.96. The van der Waals surface area contributed by atoms with Gasteiger partial charge in [0.25, 0.3) is 0 Å². The first kappa shape index (κ1) is 10.8. The van der Waals surface area contributed by atoms with Crippen LogP contribution in [0.15, 0.2) is 11.6 Å². The fourth-order valence-electron chi connectivity index (χ4n) is 2.34. The second kappa shape index (κ2) is 4.30. The van der Waals surface area contributed by atoms with Gasteiger partial charge in [-0.2, -0.15) is 0 Å². The maximum absolute atomic E-state index is 2.53. The summed E-state index contributed by atoms with van der Waals surface area (Å²) in [7, 11) is 0. The molecule has 0 aromatic heterocycles. The molecule has 0 spiro atoms. The molecule has 0 aromatic rings. The quantitative estimate of drug-likeness (QED) is 0.557. The van der Waals surface area contributed by atoms with E-state index in [0.717, 1.165) is 23.7 Å². The summed E-state index contributed by atoms with van der Waals surface area (Å²) in [6, 6.07) is 0. The zero-order chi connectivity index (χ0) is 10.0. The molecule has 0 saturated heterocycles. The third-order valence-corrected chi connectivity index (χ3v) is 4.07. The van der Waals surface area contributed by atoms with Gasteiger partial charge in [-0.15, -0.1) is 0 Å². The van der Waals surface area contributed by atoms with Crippen molar-refractivity contribution in [3.05, 3.63) is 11.6 Å². The van der Waals surface area contributed by atoms with Crippen molar-refractivity contribution < 1.29 is 0 Å². The summed E-state index contributed by atoms with van der Waals surface area (Å²) < 4.78 is 0. The van der Waals surface area contributed by atoms with Crippen LogP contribution in [0.2, 0.25) is 0 Å². The molecule has 0 N–H and O–H groups in total. The van der Waals surface area contributed by atoms with Gasteiger partial charge in [0, 0.05) is 0 Å². The lowest BCUT2D eigenvalue weighted by atomic mass is 9.72. The lowest BCUT2D eigenvalue weighted by Gasteiger charge is -2.33. The van der Waals surface area contributed by atoms with Crippen molar-refractivity contribution >= 4 is 0 Å². The molecule has 4 atom stereocenters. The van der Waals surface area contributed by atoms with Crippen LogP contribution in [0.4, 0.5) is 0 Å². The number of allylic oxidation sites excluding steroid dienone is 2. The van der Waals surface area contributed by atoms with E-state index in [1.807, 2.05) is 0 Å². The normalized spacial score (nSPS) is 37.0. The van der Waals surface area contributed by atoms with E-state index < -0.39 is 0 Å². The molecule has 0 aromatic carbocycles. The zero-order valence-corrected chi connectivity index (χ0v) is 9.80. The molecule has 0 radical (unpaired) electrons. The van der Waals surface area contributed by atoms with Crippen molar-refractivity contribution in [2.24, 2.45) is 23.7 Å². The van der Waals surface area contributed by atoms with Crippen molar-refractivity contribution in [1.82, 2.24) is 0 Å². The first-order valence-electron chi connectivity index (χ1n) is 5.74. The Bertz CT molecular complexity index is 190. The summed E-state index contributed by atoms with van der Waals surface area (Å²) >= 11 is 0. The topological polar surface area (TPSA) is 0 Å². The number of hydrogen-bond acceptors (Lipinski definition) is 0. The van der Waals surface area contributed by atoms with Gasteiger partial charge in [-0.1, -0.05) is 45.8 Å². The highest BCUT2D eigenvalue weighted by Gasteiger charge is 2.26. The van der Waals surface area contributed by atoms with E-state index in [9.17, 15) is 0 Å². The molecule has 0 fully saturated rings. The predicted molar refractivity (Wildman–Crippen MR) is 59.6 cm³/mol. The molecule has 1 aliphatic rings. The van der Waals surface area contributed by atoms with Crippen molar-refractivity contribution in [3.8, 4) is 0 Å². The maximum atomic E-state index is 2.53. The Morgan fingerprint density at radius 1 is 1.46 bits per heavy atom. The summed E-state index contributed by atoms with van der Waals surface area (Å²) in [5.74, 6) is 3.39. The molecule has 0 bridgehead atoms. The van der Waals surface area contributed by atoms with Gasteiger partial charge < -0.3 is 0 Å². The second-order valence-electron chi connectivity index (χ2n) is 4.96. The SMILES string of the molecule is CCC(C)C1C=C(C)[C@@H](C)[C@@H](C)C1. The summed E-state index contributed by atoms with van der Waals surface area (Å²) in [4.78, 5) is 0. The van der Waals surface area contributed by atoms with Gasteiger partial charge in [0.05, 0.1) is 0 Å². The first-order valence-corrected chi connectivity index (χ1v) is 5.74. The molecule has 2 unspecified atom stereocenters. The Balaban J connectivity index is 2.71. The minimum Gasteiger partial charge on any atom is -0.0819 e. The average Bonchev–Trinajstić information content (AvgIpc) is 2.12. The standard InChI is InChI=1S/C13H24/c1-6-9(2)13-7-10(3)12(5)11(4)8-13/h7,9,11-13H,6,8H2,1-5H3/t9?,11-,12+,13?/m0/s1. The third-order valence-electron chi connectivity index (χ3n) is 4.07. The van der Waals surface area contributed by atoms with Crippen LogP contribution in [0.5, 0.6) is 0 Å². The van der Waals surface area contributed by atoms with Gasteiger partial charge in [0.1, 0.15) is 0 Å². The highest BCUT2D eigenvalue weighted by atomic mass is 14.3. The summed E-state index contributed by atoms with van der Waals surface area (Å²) in [5.41, 5.74) is 1.61. The Labute approximate surface area is 83.4 Å². The van der Waals surface area contributed by atoms with E-state index in [1.165, 1.54) is 12.8 Å². The molecule has 76 valence electrons. The molecule has 0 heteroatoms. The van der Waals surface area contributed by atoms with Crippen molar-refractivity contribution in [2.75, 3.05) is 0 Å². The molecule has 0 amide bonds. The van der Waals surface area contributed by atoms with Crippen LogP contribution in [0.25, 0.3) is 0 Å². The van der Waals surface area contributed by atoms with E-state index in [0.29, 0.717) is 0 Å². The third kappa shape index (κ3) is 2.36.